The van der Waals surface area contributed by atoms with Gasteiger partial charge < -0.3 is 19.5 Å². The number of ether oxygens (including phenoxy) is 2. The van der Waals surface area contributed by atoms with Crippen LogP contribution in [0.3, 0.4) is 0 Å². The maximum absolute atomic E-state index is 11.8. The van der Waals surface area contributed by atoms with Gasteiger partial charge in [0.25, 0.3) is 0 Å². The Morgan fingerprint density at radius 1 is 0.970 bits per heavy atom. The van der Waals surface area contributed by atoms with Gasteiger partial charge >= 0.3 is 0 Å². The third-order valence-electron chi connectivity index (χ3n) is 8.28. The van der Waals surface area contributed by atoms with Gasteiger partial charge in [-0.25, -0.2) is 0 Å². The van der Waals surface area contributed by atoms with Crippen LogP contribution in [0.4, 0.5) is 0 Å². The molecule has 1 saturated carbocycles. The molecule has 5 rings (SSSR count). The molecule has 2 heterocycles. The van der Waals surface area contributed by atoms with Crippen LogP contribution in [-0.2, 0) is 18.6 Å². The van der Waals surface area contributed by atoms with Crippen molar-refractivity contribution >= 4 is 0 Å². The van der Waals surface area contributed by atoms with Gasteiger partial charge in [-0.15, -0.1) is 0 Å². The van der Waals surface area contributed by atoms with E-state index in [1.807, 2.05) is 12.1 Å². The van der Waals surface area contributed by atoms with Crippen LogP contribution >= 0.6 is 0 Å². The second-order valence-electron chi connectivity index (χ2n) is 10.2. The molecule has 3 aliphatic rings. The van der Waals surface area contributed by atoms with Crippen LogP contribution in [0.1, 0.15) is 42.4 Å². The molecule has 2 saturated heterocycles. The third kappa shape index (κ3) is 4.64. The van der Waals surface area contributed by atoms with Crippen LogP contribution in [0.15, 0.2) is 42.5 Å². The zero-order chi connectivity index (χ0) is 22.8. The maximum Gasteiger partial charge on any atom is 0.127 e. The maximum atomic E-state index is 11.8. The Morgan fingerprint density at radius 2 is 1.76 bits per heavy atom. The standard InChI is InChI=1S/C28H38N2O3/c1-32-25-10-7-23(27(17-25)33-2)19-30-18-22-11-13-28(31,26(22)20-30)24-8-5-21(6-9-24)12-16-29-14-3-4-15-29/h5-10,17,22,26,31H,3-4,11-16,18-20H2,1-2H3. The summed E-state index contributed by atoms with van der Waals surface area (Å²) in [5.41, 5.74) is 2.94. The van der Waals surface area contributed by atoms with Gasteiger partial charge in [-0.1, -0.05) is 30.3 Å². The second-order valence-corrected chi connectivity index (χ2v) is 10.2. The Hall–Kier alpha value is -2.08. The number of hydrogen-bond acceptors (Lipinski definition) is 5. The second kappa shape index (κ2) is 9.65. The van der Waals surface area contributed by atoms with Crippen LogP contribution in [0.2, 0.25) is 0 Å². The van der Waals surface area contributed by atoms with Crippen LogP contribution in [0.25, 0.3) is 0 Å². The molecule has 2 aliphatic heterocycles. The lowest BCUT2D eigenvalue weighted by molar-refractivity contribution is -0.00686. The number of fused-ring (bicyclic) bond motifs is 1. The first kappa shape index (κ1) is 22.7. The van der Waals surface area contributed by atoms with Crippen molar-refractivity contribution in [2.45, 2.75) is 44.2 Å². The first-order valence-electron chi connectivity index (χ1n) is 12.6. The summed E-state index contributed by atoms with van der Waals surface area (Å²) in [5.74, 6) is 2.52. The fraction of sp³-hybridized carbons (Fsp3) is 0.571. The number of likely N-dealkylation sites (tertiary alicyclic amines) is 2. The van der Waals surface area contributed by atoms with Crippen molar-refractivity contribution in [3.8, 4) is 11.5 Å². The van der Waals surface area contributed by atoms with E-state index in [1.54, 1.807) is 14.2 Å². The molecule has 2 aromatic rings. The highest BCUT2D eigenvalue weighted by atomic mass is 16.5. The van der Waals surface area contributed by atoms with E-state index >= 15 is 0 Å². The number of aliphatic hydroxyl groups is 1. The summed E-state index contributed by atoms with van der Waals surface area (Å²) >= 11 is 0. The van der Waals surface area contributed by atoms with Gasteiger partial charge in [-0.2, -0.15) is 0 Å². The van der Waals surface area contributed by atoms with Gasteiger partial charge in [0.05, 0.1) is 19.8 Å². The molecule has 0 amide bonds. The average molecular weight is 451 g/mol. The fourth-order valence-corrected chi connectivity index (χ4v) is 6.35. The predicted molar refractivity (Wildman–Crippen MR) is 131 cm³/mol. The summed E-state index contributed by atoms with van der Waals surface area (Å²) in [4.78, 5) is 5.04. The summed E-state index contributed by atoms with van der Waals surface area (Å²) in [7, 11) is 3.39. The lowest BCUT2D eigenvalue weighted by Crippen LogP contribution is -2.34. The quantitative estimate of drug-likeness (QED) is 0.657. The van der Waals surface area contributed by atoms with Gasteiger partial charge in [0, 0.05) is 43.7 Å². The summed E-state index contributed by atoms with van der Waals surface area (Å²) < 4.78 is 10.9. The lowest BCUT2D eigenvalue weighted by Gasteiger charge is -2.31. The summed E-state index contributed by atoms with van der Waals surface area (Å²) in [5, 5.41) is 11.8. The molecule has 1 aliphatic carbocycles. The van der Waals surface area contributed by atoms with Crippen LogP contribution in [0, 0.1) is 11.8 Å². The summed E-state index contributed by atoms with van der Waals surface area (Å²) in [6.45, 7) is 6.45. The smallest absolute Gasteiger partial charge is 0.127 e. The molecule has 5 heteroatoms. The predicted octanol–water partition coefficient (Wildman–Crippen LogP) is 4.07. The first-order valence-corrected chi connectivity index (χ1v) is 12.6. The van der Waals surface area contributed by atoms with Crippen molar-refractivity contribution in [3.63, 3.8) is 0 Å². The molecule has 178 valence electrons. The van der Waals surface area contributed by atoms with Crippen LogP contribution in [-0.4, -0.2) is 61.8 Å². The van der Waals surface area contributed by atoms with Gasteiger partial charge in [0.2, 0.25) is 0 Å². The fourth-order valence-electron chi connectivity index (χ4n) is 6.35. The molecular formula is C28H38N2O3. The molecule has 3 fully saturated rings. The van der Waals surface area contributed by atoms with Crippen LogP contribution in [0.5, 0.6) is 11.5 Å². The molecular weight excluding hydrogens is 412 g/mol. The normalized spacial score (nSPS) is 27.7. The van der Waals surface area contributed by atoms with E-state index in [9.17, 15) is 5.11 Å². The molecule has 5 nitrogen and oxygen atoms in total. The zero-order valence-corrected chi connectivity index (χ0v) is 20.1. The van der Waals surface area contributed by atoms with Crippen molar-refractivity contribution in [1.29, 1.82) is 0 Å². The van der Waals surface area contributed by atoms with E-state index in [0.29, 0.717) is 5.92 Å². The minimum Gasteiger partial charge on any atom is -0.497 e. The Morgan fingerprint density at radius 3 is 2.48 bits per heavy atom. The first-order chi connectivity index (χ1) is 16.1. The Kier molecular flexibility index (Phi) is 6.64. The summed E-state index contributed by atoms with van der Waals surface area (Å²) in [6.07, 6.45) is 5.75. The van der Waals surface area contributed by atoms with Crippen molar-refractivity contribution in [1.82, 2.24) is 9.80 Å². The third-order valence-corrected chi connectivity index (χ3v) is 8.28. The molecule has 3 unspecified atom stereocenters. The van der Waals surface area contributed by atoms with E-state index < -0.39 is 5.60 Å². The number of hydrogen-bond donors (Lipinski definition) is 1. The number of methoxy groups -OCH3 is 2. The SMILES string of the molecule is COc1ccc(CN2CC3CCC(O)(c4ccc(CCN5CCCC5)cc4)C3C2)c(OC)c1. The highest BCUT2D eigenvalue weighted by molar-refractivity contribution is 5.41. The van der Waals surface area contributed by atoms with Gasteiger partial charge in [0.15, 0.2) is 0 Å². The Labute approximate surface area is 198 Å². The number of rotatable bonds is 8. The minimum atomic E-state index is -0.711. The average Bonchev–Trinajstić information content (AvgIpc) is 3.58. The van der Waals surface area contributed by atoms with Crippen molar-refractivity contribution in [2.24, 2.45) is 11.8 Å². The van der Waals surface area contributed by atoms with Crippen LogP contribution < -0.4 is 9.47 Å². The van der Waals surface area contributed by atoms with E-state index in [2.05, 4.69) is 40.1 Å². The molecule has 3 atom stereocenters. The molecule has 0 bridgehead atoms. The van der Waals surface area contributed by atoms with E-state index in [0.717, 1.165) is 62.5 Å². The lowest BCUT2D eigenvalue weighted by atomic mass is 9.82. The molecule has 0 spiro atoms. The Bertz CT molecular complexity index is 941. The van der Waals surface area contributed by atoms with E-state index in [4.69, 9.17) is 9.47 Å². The van der Waals surface area contributed by atoms with Crippen molar-refractivity contribution in [2.75, 3.05) is 46.9 Å². The Balaban J connectivity index is 1.24. The summed E-state index contributed by atoms with van der Waals surface area (Å²) in [6, 6.07) is 14.9. The zero-order valence-electron chi connectivity index (χ0n) is 20.1. The van der Waals surface area contributed by atoms with Crippen molar-refractivity contribution in [3.05, 3.63) is 59.2 Å². The topological polar surface area (TPSA) is 45.2 Å². The molecule has 1 N–H and O–H groups in total. The monoisotopic (exact) mass is 450 g/mol. The van der Waals surface area contributed by atoms with Gasteiger partial charge in [-0.05, 0) is 68.3 Å². The van der Waals surface area contributed by atoms with E-state index in [1.165, 1.54) is 37.1 Å². The minimum absolute atomic E-state index is 0.289. The molecule has 0 radical (unpaired) electrons. The highest BCUT2D eigenvalue weighted by Gasteiger charge is 2.52. The number of nitrogens with zero attached hydrogens (tertiary/aromatic N) is 2. The largest absolute Gasteiger partial charge is 0.497 e. The van der Waals surface area contributed by atoms with Crippen molar-refractivity contribution < 1.29 is 14.6 Å². The molecule has 33 heavy (non-hydrogen) atoms. The van der Waals surface area contributed by atoms with Gasteiger partial charge in [0.1, 0.15) is 11.5 Å². The molecule has 2 aromatic carbocycles. The van der Waals surface area contributed by atoms with Gasteiger partial charge in [-0.3, -0.25) is 4.90 Å². The molecule has 0 aromatic heterocycles. The highest BCUT2D eigenvalue weighted by Crippen LogP contribution is 2.50. The number of benzene rings is 2. The van der Waals surface area contributed by atoms with E-state index in [-0.39, 0.29) is 5.92 Å².